The smallest absolute Gasteiger partial charge is 0.253 e. The van der Waals surface area contributed by atoms with E-state index in [4.69, 9.17) is 4.74 Å². The van der Waals surface area contributed by atoms with E-state index in [1.165, 1.54) is 0 Å². The van der Waals surface area contributed by atoms with Gasteiger partial charge in [-0.2, -0.15) is 0 Å². The molecule has 8 heteroatoms. The summed E-state index contributed by atoms with van der Waals surface area (Å²) in [6.07, 6.45) is 10.2. The van der Waals surface area contributed by atoms with Gasteiger partial charge in [0.25, 0.3) is 5.91 Å². The minimum atomic E-state index is -0.480. The van der Waals surface area contributed by atoms with Gasteiger partial charge in [0, 0.05) is 43.6 Å². The Morgan fingerprint density at radius 3 is 2.62 bits per heavy atom. The van der Waals surface area contributed by atoms with Crippen molar-refractivity contribution in [3.05, 3.63) is 90.7 Å². The van der Waals surface area contributed by atoms with E-state index in [1.54, 1.807) is 54.9 Å². The molecule has 4 rings (SSSR count). The van der Waals surface area contributed by atoms with Crippen LogP contribution in [-0.2, 0) is 7.05 Å². The Balaban J connectivity index is 1.64. The van der Waals surface area contributed by atoms with E-state index in [9.17, 15) is 4.79 Å². The molecule has 0 radical (unpaired) electrons. The van der Waals surface area contributed by atoms with Gasteiger partial charge in [-0.05, 0) is 18.2 Å². The highest BCUT2D eigenvalue weighted by Gasteiger charge is 2.24. The lowest BCUT2D eigenvalue weighted by atomic mass is 10.0. The summed E-state index contributed by atoms with van der Waals surface area (Å²) in [4.78, 5) is 25.8. The average Bonchev–Trinajstić information content (AvgIpc) is 3.44. The van der Waals surface area contributed by atoms with Crippen LogP contribution in [0, 0.1) is 0 Å². The number of carbonyl (C=O) groups excluding carboxylic acids is 1. The Kier molecular flexibility index (Phi) is 5.07. The molecule has 8 nitrogen and oxygen atoms in total. The second-order valence-electron chi connectivity index (χ2n) is 6.42. The number of hydrogen-bond acceptors (Lipinski definition) is 5. The van der Waals surface area contributed by atoms with Crippen LogP contribution < -0.4 is 10.1 Å². The van der Waals surface area contributed by atoms with Crippen molar-refractivity contribution in [2.45, 2.75) is 6.04 Å². The number of para-hydroxylation sites is 1. The van der Waals surface area contributed by atoms with Gasteiger partial charge in [-0.15, -0.1) is 0 Å². The molecular formula is C21H20N6O2. The maximum Gasteiger partial charge on any atom is 0.253 e. The van der Waals surface area contributed by atoms with Crippen molar-refractivity contribution in [1.29, 1.82) is 0 Å². The normalized spacial score (nSPS) is 11.8. The lowest BCUT2D eigenvalue weighted by molar-refractivity contribution is 0.0940. The number of amides is 1. The van der Waals surface area contributed by atoms with Gasteiger partial charge in [0.15, 0.2) is 0 Å². The number of aryl methyl sites for hydroxylation is 1. The van der Waals surface area contributed by atoms with Crippen LogP contribution in [0.5, 0.6) is 5.75 Å². The van der Waals surface area contributed by atoms with E-state index in [-0.39, 0.29) is 5.91 Å². The summed E-state index contributed by atoms with van der Waals surface area (Å²) in [7, 11) is 3.49. The maximum absolute atomic E-state index is 13.0. The molecule has 4 aromatic rings. The van der Waals surface area contributed by atoms with Crippen LogP contribution in [0.4, 0.5) is 0 Å². The highest BCUT2D eigenvalue weighted by molar-refractivity contribution is 5.94. The number of carbonyl (C=O) groups is 1. The highest BCUT2D eigenvalue weighted by atomic mass is 16.5. The molecule has 0 aliphatic carbocycles. The molecule has 1 amide bonds. The highest BCUT2D eigenvalue weighted by Crippen LogP contribution is 2.29. The van der Waals surface area contributed by atoms with E-state index in [1.807, 2.05) is 42.1 Å². The zero-order valence-electron chi connectivity index (χ0n) is 16.1. The van der Waals surface area contributed by atoms with Gasteiger partial charge in [-0.3, -0.25) is 9.36 Å². The van der Waals surface area contributed by atoms with Crippen LogP contribution in [0.15, 0.2) is 73.7 Å². The Hall–Kier alpha value is -3.94. The largest absolute Gasteiger partial charge is 0.496 e. The minimum Gasteiger partial charge on any atom is -0.496 e. The van der Waals surface area contributed by atoms with Gasteiger partial charge in [-0.1, -0.05) is 18.2 Å². The van der Waals surface area contributed by atoms with Crippen LogP contribution in [0.1, 0.15) is 27.8 Å². The number of hydrogen-bond donors (Lipinski definition) is 1. The Labute approximate surface area is 167 Å². The fourth-order valence-corrected chi connectivity index (χ4v) is 3.12. The molecule has 0 bridgehead atoms. The second kappa shape index (κ2) is 7.97. The molecule has 0 spiro atoms. The lowest BCUT2D eigenvalue weighted by Gasteiger charge is -2.21. The molecule has 1 aromatic carbocycles. The summed E-state index contributed by atoms with van der Waals surface area (Å²) in [6, 6.07) is 10.6. The van der Waals surface area contributed by atoms with Crippen LogP contribution in [0.25, 0.3) is 5.82 Å². The van der Waals surface area contributed by atoms with Crippen molar-refractivity contribution in [3.8, 4) is 11.6 Å². The van der Waals surface area contributed by atoms with Crippen molar-refractivity contribution < 1.29 is 9.53 Å². The van der Waals surface area contributed by atoms with Gasteiger partial charge in [0.05, 0.1) is 12.7 Å². The van der Waals surface area contributed by atoms with Crippen LogP contribution in [0.2, 0.25) is 0 Å². The number of nitrogens with zero attached hydrogens (tertiary/aromatic N) is 5. The number of nitrogens with one attached hydrogen (secondary N) is 1. The van der Waals surface area contributed by atoms with Crippen molar-refractivity contribution in [3.63, 3.8) is 0 Å². The molecular weight excluding hydrogens is 368 g/mol. The number of benzene rings is 1. The molecule has 1 atom stereocenters. The topological polar surface area (TPSA) is 86.9 Å². The van der Waals surface area contributed by atoms with Crippen molar-refractivity contribution in [2.75, 3.05) is 7.11 Å². The van der Waals surface area contributed by atoms with Crippen molar-refractivity contribution >= 4 is 5.91 Å². The summed E-state index contributed by atoms with van der Waals surface area (Å²) in [5.41, 5.74) is 1.27. The summed E-state index contributed by atoms with van der Waals surface area (Å²) in [5, 5.41) is 3.06. The van der Waals surface area contributed by atoms with Gasteiger partial charge >= 0.3 is 0 Å². The third-order valence-electron chi connectivity index (χ3n) is 4.62. The molecule has 3 heterocycles. The average molecular weight is 388 g/mol. The third-order valence-corrected chi connectivity index (χ3v) is 4.62. The Morgan fingerprint density at radius 1 is 1.10 bits per heavy atom. The summed E-state index contributed by atoms with van der Waals surface area (Å²) in [6.45, 7) is 0. The zero-order valence-corrected chi connectivity index (χ0v) is 16.1. The predicted molar refractivity (Wildman–Crippen MR) is 107 cm³/mol. The number of aromatic nitrogens is 5. The maximum atomic E-state index is 13.0. The fourth-order valence-electron chi connectivity index (χ4n) is 3.12. The fraction of sp³-hybridized carbons (Fsp3) is 0.143. The lowest BCUT2D eigenvalue weighted by Crippen LogP contribution is -2.31. The zero-order chi connectivity index (χ0) is 20.2. The molecule has 29 heavy (non-hydrogen) atoms. The Bertz CT molecular complexity index is 1100. The Morgan fingerprint density at radius 2 is 1.97 bits per heavy atom. The number of methoxy groups -OCH3 is 1. The van der Waals surface area contributed by atoms with E-state index in [0.29, 0.717) is 23.0 Å². The first-order chi connectivity index (χ1) is 14.2. The van der Waals surface area contributed by atoms with Crippen molar-refractivity contribution in [2.24, 2.45) is 7.05 Å². The van der Waals surface area contributed by atoms with Gasteiger partial charge in [-0.25, -0.2) is 15.0 Å². The monoisotopic (exact) mass is 388 g/mol. The summed E-state index contributed by atoms with van der Waals surface area (Å²) >= 11 is 0. The quantitative estimate of drug-likeness (QED) is 0.548. The number of pyridine rings is 1. The van der Waals surface area contributed by atoms with Crippen LogP contribution >= 0.6 is 0 Å². The number of rotatable bonds is 6. The molecule has 0 aliphatic rings. The first-order valence-electron chi connectivity index (χ1n) is 9.02. The van der Waals surface area contributed by atoms with E-state index in [0.717, 1.165) is 5.56 Å². The summed E-state index contributed by atoms with van der Waals surface area (Å²) < 4.78 is 9.14. The molecule has 0 aliphatic heterocycles. The molecule has 3 aromatic heterocycles. The number of ether oxygens (including phenoxy) is 1. The molecule has 0 saturated carbocycles. The van der Waals surface area contributed by atoms with Crippen LogP contribution in [0.3, 0.4) is 0 Å². The van der Waals surface area contributed by atoms with Gasteiger partial charge in [0.2, 0.25) is 0 Å². The first kappa shape index (κ1) is 18.4. The molecule has 1 N–H and O–H groups in total. The van der Waals surface area contributed by atoms with Crippen LogP contribution in [-0.4, -0.2) is 37.1 Å². The molecule has 0 fully saturated rings. The molecule has 1 unspecified atom stereocenters. The first-order valence-corrected chi connectivity index (χ1v) is 9.02. The second-order valence-corrected chi connectivity index (χ2v) is 6.42. The van der Waals surface area contributed by atoms with E-state index in [2.05, 4.69) is 20.3 Å². The number of imidazole rings is 2. The van der Waals surface area contributed by atoms with Crippen molar-refractivity contribution in [1.82, 2.24) is 29.4 Å². The minimum absolute atomic E-state index is 0.256. The molecule has 146 valence electrons. The SMILES string of the molecule is COc1ccccc1C(NC(=O)c1ccc(-n2ccnc2)nc1)c1nccn1C. The predicted octanol–water partition coefficient (Wildman–Crippen LogP) is 2.53. The van der Waals surface area contributed by atoms with Gasteiger partial charge < -0.3 is 14.6 Å². The van der Waals surface area contributed by atoms with E-state index >= 15 is 0 Å². The standard InChI is InChI=1S/C21H20N6O2/c1-26-11-10-23-20(26)19(16-5-3-4-6-17(16)29-2)25-21(28)15-7-8-18(24-13-15)27-12-9-22-14-27/h3-14,19H,1-2H3,(H,25,28). The van der Waals surface area contributed by atoms with E-state index < -0.39 is 6.04 Å². The van der Waals surface area contributed by atoms with Gasteiger partial charge in [0.1, 0.15) is 29.8 Å². The summed E-state index contributed by atoms with van der Waals surface area (Å²) in [5.74, 6) is 1.80. The molecule has 0 saturated heterocycles. The third kappa shape index (κ3) is 3.73.